The summed E-state index contributed by atoms with van der Waals surface area (Å²) >= 11 is 0. The summed E-state index contributed by atoms with van der Waals surface area (Å²) < 4.78 is 45.5. The van der Waals surface area contributed by atoms with Gasteiger partial charge < -0.3 is 19.7 Å². The molecule has 3 aromatic rings. The van der Waals surface area contributed by atoms with Crippen LogP contribution in [0, 0.1) is 11.3 Å². The maximum Gasteiger partial charge on any atom is 0.452 e. The minimum Gasteiger partial charge on any atom is -0.481 e. The molecule has 2 aromatic heterocycles. The zero-order valence-electron chi connectivity index (χ0n) is 19.7. The van der Waals surface area contributed by atoms with Crippen molar-refractivity contribution in [2.24, 2.45) is 11.3 Å². The number of hydrogen-bond donors (Lipinski definition) is 2. The number of aromatic nitrogens is 2. The van der Waals surface area contributed by atoms with Crippen molar-refractivity contribution in [2.45, 2.75) is 32.9 Å². The molecule has 0 bridgehead atoms. The Labute approximate surface area is 205 Å². The van der Waals surface area contributed by atoms with Crippen LogP contribution in [-0.4, -0.2) is 40.0 Å². The quantitative estimate of drug-likeness (QED) is 0.469. The number of amides is 1. The Balaban J connectivity index is 1.45. The number of halogens is 3. The van der Waals surface area contributed by atoms with Gasteiger partial charge >= 0.3 is 12.1 Å². The molecule has 2 N–H and O–H groups in total. The number of carbonyl (C=O) groups is 2. The number of aliphatic carboxylic acids is 1. The number of benzene rings is 1. The molecule has 1 aliphatic heterocycles. The minimum absolute atomic E-state index is 0.0378. The van der Waals surface area contributed by atoms with E-state index >= 15 is 0 Å². The van der Waals surface area contributed by atoms with Crippen molar-refractivity contribution >= 4 is 23.4 Å². The van der Waals surface area contributed by atoms with Gasteiger partial charge in [0.1, 0.15) is 5.82 Å². The Morgan fingerprint density at radius 1 is 1.08 bits per heavy atom. The smallest absolute Gasteiger partial charge is 0.452 e. The number of alkyl halides is 3. The van der Waals surface area contributed by atoms with Gasteiger partial charge in [0.25, 0.3) is 5.91 Å². The Kier molecular flexibility index (Phi) is 6.75. The molecule has 1 aliphatic rings. The molecule has 0 radical (unpaired) electrons. The number of carbonyl (C=O) groups excluding carboxylic acids is 1. The molecule has 0 aliphatic carbocycles. The number of nitrogens with one attached hydrogen (secondary N) is 1. The third-order valence-electron chi connectivity index (χ3n) is 6.52. The number of piperidine rings is 1. The first-order valence-corrected chi connectivity index (χ1v) is 11.4. The molecule has 8 nitrogen and oxygen atoms in total. The molecule has 0 atom stereocenters. The van der Waals surface area contributed by atoms with Gasteiger partial charge in [-0.1, -0.05) is 18.2 Å². The zero-order valence-corrected chi connectivity index (χ0v) is 19.7. The van der Waals surface area contributed by atoms with E-state index in [1.54, 1.807) is 44.2 Å². The fourth-order valence-electron chi connectivity index (χ4n) is 4.21. The fourth-order valence-corrected chi connectivity index (χ4v) is 4.21. The second-order valence-electron chi connectivity index (χ2n) is 9.21. The number of oxazole rings is 1. The molecule has 0 unspecified atom stereocenters. The molecule has 190 valence electrons. The monoisotopic (exact) mass is 502 g/mol. The number of carboxylic acids is 1. The summed E-state index contributed by atoms with van der Waals surface area (Å²) in [6.45, 7) is 4.70. The summed E-state index contributed by atoms with van der Waals surface area (Å²) in [6.07, 6.45) is -2.17. The van der Waals surface area contributed by atoms with Crippen LogP contribution in [-0.2, 0) is 11.0 Å². The summed E-state index contributed by atoms with van der Waals surface area (Å²) in [4.78, 5) is 34.3. The molecule has 1 aromatic carbocycles. The van der Waals surface area contributed by atoms with Gasteiger partial charge in [-0.15, -0.1) is 0 Å². The molecule has 3 heterocycles. The Bertz CT molecular complexity index is 1230. The number of pyridine rings is 1. The van der Waals surface area contributed by atoms with E-state index in [0.29, 0.717) is 37.3 Å². The van der Waals surface area contributed by atoms with Crippen LogP contribution in [0.1, 0.15) is 42.9 Å². The number of anilines is 2. The second kappa shape index (κ2) is 9.63. The van der Waals surface area contributed by atoms with E-state index in [1.807, 2.05) is 4.90 Å². The van der Waals surface area contributed by atoms with Crippen molar-refractivity contribution in [2.75, 3.05) is 23.3 Å². The molecule has 1 fully saturated rings. The van der Waals surface area contributed by atoms with E-state index in [-0.39, 0.29) is 17.5 Å². The molecule has 11 heteroatoms. The SMILES string of the molecule is CC(C)(C(=O)O)C1CCN(c2ccc(NC(=O)c3nc(-c4ccccc4)oc3C(F)(F)F)cn2)CC1. The zero-order chi connectivity index (χ0) is 26.1. The van der Waals surface area contributed by atoms with Crippen molar-refractivity contribution in [3.8, 4) is 11.5 Å². The average Bonchev–Trinajstić information content (AvgIpc) is 3.32. The van der Waals surface area contributed by atoms with Gasteiger partial charge in [0.15, 0.2) is 5.69 Å². The third-order valence-corrected chi connectivity index (χ3v) is 6.52. The molecular weight excluding hydrogens is 477 g/mol. The van der Waals surface area contributed by atoms with Crippen molar-refractivity contribution < 1.29 is 32.3 Å². The summed E-state index contributed by atoms with van der Waals surface area (Å²) in [5, 5.41) is 11.8. The summed E-state index contributed by atoms with van der Waals surface area (Å²) in [5.41, 5.74) is -1.18. The Hall–Kier alpha value is -3.89. The summed E-state index contributed by atoms with van der Waals surface area (Å²) in [7, 11) is 0. The van der Waals surface area contributed by atoms with E-state index in [2.05, 4.69) is 15.3 Å². The Morgan fingerprint density at radius 2 is 1.75 bits per heavy atom. The predicted molar refractivity (Wildman–Crippen MR) is 125 cm³/mol. The minimum atomic E-state index is -4.91. The van der Waals surface area contributed by atoms with Gasteiger partial charge in [-0.2, -0.15) is 13.2 Å². The molecule has 36 heavy (non-hydrogen) atoms. The largest absolute Gasteiger partial charge is 0.481 e. The average molecular weight is 502 g/mol. The van der Waals surface area contributed by atoms with E-state index in [4.69, 9.17) is 4.42 Å². The molecular formula is C25H25F3N4O4. The highest BCUT2D eigenvalue weighted by Crippen LogP contribution is 2.37. The lowest BCUT2D eigenvalue weighted by Gasteiger charge is -2.38. The Morgan fingerprint density at radius 3 is 2.31 bits per heavy atom. The van der Waals surface area contributed by atoms with Crippen LogP contribution in [0.4, 0.5) is 24.7 Å². The van der Waals surface area contributed by atoms with Crippen molar-refractivity contribution in [3.63, 3.8) is 0 Å². The van der Waals surface area contributed by atoms with Gasteiger partial charge in [-0.3, -0.25) is 9.59 Å². The maximum atomic E-state index is 13.5. The van der Waals surface area contributed by atoms with Crippen molar-refractivity contribution in [3.05, 3.63) is 60.1 Å². The van der Waals surface area contributed by atoms with Crippen molar-refractivity contribution in [1.82, 2.24) is 9.97 Å². The van der Waals surface area contributed by atoms with Gasteiger partial charge in [-0.25, -0.2) is 9.97 Å². The van der Waals surface area contributed by atoms with Crippen LogP contribution in [0.3, 0.4) is 0 Å². The molecule has 4 rings (SSSR count). The van der Waals surface area contributed by atoms with Gasteiger partial charge in [0.05, 0.1) is 17.3 Å². The van der Waals surface area contributed by atoms with Gasteiger partial charge in [-0.05, 0) is 56.9 Å². The normalized spacial score (nSPS) is 15.1. The first-order valence-electron chi connectivity index (χ1n) is 11.4. The highest BCUT2D eigenvalue weighted by Gasteiger charge is 2.42. The topological polar surface area (TPSA) is 109 Å². The van der Waals surface area contributed by atoms with Crippen LogP contribution >= 0.6 is 0 Å². The highest BCUT2D eigenvalue weighted by molar-refractivity contribution is 6.04. The lowest BCUT2D eigenvalue weighted by atomic mass is 9.74. The van der Waals surface area contributed by atoms with Crippen LogP contribution in [0.2, 0.25) is 0 Å². The summed E-state index contributed by atoms with van der Waals surface area (Å²) in [5.74, 6) is -3.01. The van der Waals surface area contributed by atoms with Gasteiger partial charge in [0, 0.05) is 18.7 Å². The number of nitrogens with zero attached hydrogens (tertiary/aromatic N) is 3. The lowest BCUT2D eigenvalue weighted by molar-refractivity contribution is -0.153. The highest BCUT2D eigenvalue weighted by atomic mass is 19.4. The van der Waals surface area contributed by atoms with Crippen LogP contribution in [0.15, 0.2) is 53.1 Å². The van der Waals surface area contributed by atoms with Crippen LogP contribution in [0.5, 0.6) is 0 Å². The predicted octanol–water partition coefficient (Wildman–Crippen LogP) is 5.33. The number of hydrogen-bond acceptors (Lipinski definition) is 6. The second-order valence-corrected chi connectivity index (χ2v) is 9.21. The van der Waals surface area contributed by atoms with Crippen LogP contribution in [0.25, 0.3) is 11.5 Å². The first-order chi connectivity index (χ1) is 17.0. The van der Waals surface area contributed by atoms with Gasteiger partial charge in [0.2, 0.25) is 11.7 Å². The number of carboxylic acid groups (broad SMARTS) is 1. The first kappa shape index (κ1) is 25.2. The molecule has 1 saturated heterocycles. The van der Waals surface area contributed by atoms with Crippen LogP contribution < -0.4 is 10.2 Å². The number of rotatable bonds is 6. The van der Waals surface area contributed by atoms with Crippen molar-refractivity contribution in [1.29, 1.82) is 0 Å². The molecule has 0 saturated carbocycles. The standard InChI is InChI=1S/C25H25F3N4O4/c1-24(2,23(34)35)16-10-12-32(13-11-16)18-9-8-17(14-29-18)30-21(33)19-20(25(26,27)28)36-22(31-19)15-6-4-3-5-7-15/h3-9,14,16H,10-13H2,1-2H3,(H,30,33)(H,34,35). The van der Waals surface area contributed by atoms with E-state index in [9.17, 15) is 27.9 Å². The van der Waals surface area contributed by atoms with E-state index in [0.717, 1.165) is 0 Å². The lowest BCUT2D eigenvalue weighted by Crippen LogP contribution is -2.42. The fraction of sp³-hybridized carbons (Fsp3) is 0.360. The van der Waals surface area contributed by atoms with E-state index in [1.165, 1.54) is 18.3 Å². The maximum absolute atomic E-state index is 13.5. The molecule has 1 amide bonds. The van der Waals surface area contributed by atoms with E-state index < -0.39 is 34.9 Å². The summed E-state index contributed by atoms with van der Waals surface area (Å²) in [6, 6.07) is 11.2. The molecule has 0 spiro atoms. The third kappa shape index (κ3) is 5.19.